The molecule has 2 bridgehead atoms. The Kier molecular flexibility index (Phi) is 3.52. The maximum absolute atomic E-state index is 6.03. The van der Waals surface area contributed by atoms with Crippen molar-refractivity contribution in [1.82, 2.24) is 14.5 Å². The molecular formula is C21H23N3O. The van der Waals surface area contributed by atoms with Crippen LogP contribution in [0, 0.1) is 12.8 Å². The van der Waals surface area contributed by atoms with Crippen molar-refractivity contribution in [3.63, 3.8) is 0 Å². The van der Waals surface area contributed by atoms with Gasteiger partial charge in [-0.15, -0.1) is 0 Å². The summed E-state index contributed by atoms with van der Waals surface area (Å²) in [4.78, 5) is 7.40. The lowest BCUT2D eigenvalue weighted by molar-refractivity contribution is 0.0576. The van der Waals surface area contributed by atoms with E-state index in [1.54, 1.807) is 0 Å². The third-order valence-electron chi connectivity index (χ3n) is 5.79. The molecule has 0 N–H and O–H groups in total. The number of imidazole rings is 1. The summed E-state index contributed by atoms with van der Waals surface area (Å²) in [6.45, 7) is 5.62. The summed E-state index contributed by atoms with van der Waals surface area (Å²) in [6.07, 6.45) is 4.61. The van der Waals surface area contributed by atoms with E-state index < -0.39 is 0 Å². The Morgan fingerprint density at radius 2 is 1.84 bits per heavy atom. The molecule has 3 aliphatic heterocycles. The van der Waals surface area contributed by atoms with Gasteiger partial charge in [-0.2, -0.15) is 0 Å². The number of nitrogens with zero attached hydrogens (tertiary/aromatic N) is 3. The average Bonchev–Trinajstić information content (AvgIpc) is 3.29. The summed E-state index contributed by atoms with van der Waals surface area (Å²) < 4.78 is 8.41. The second kappa shape index (κ2) is 5.88. The van der Waals surface area contributed by atoms with E-state index in [0.29, 0.717) is 6.04 Å². The van der Waals surface area contributed by atoms with E-state index in [-0.39, 0.29) is 0 Å². The molecule has 5 heterocycles. The van der Waals surface area contributed by atoms with Crippen molar-refractivity contribution in [3.05, 3.63) is 54.6 Å². The van der Waals surface area contributed by atoms with Gasteiger partial charge >= 0.3 is 0 Å². The van der Waals surface area contributed by atoms with Crippen molar-refractivity contribution in [2.75, 3.05) is 19.6 Å². The Bertz CT molecular complexity index is 872. The normalized spacial score (nSPS) is 25.4. The van der Waals surface area contributed by atoms with Crippen LogP contribution in [0.4, 0.5) is 0 Å². The van der Waals surface area contributed by atoms with Gasteiger partial charge in [-0.05, 0) is 50.9 Å². The predicted octanol–water partition coefficient (Wildman–Crippen LogP) is 4.39. The van der Waals surface area contributed by atoms with Crippen molar-refractivity contribution in [3.8, 4) is 22.7 Å². The molecule has 3 saturated heterocycles. The number of furan rings is 1. The first-order valence-corrected chi connectivity index (χ1v) is 9.21. The van der Waals surface area contributed by atoms with Gasteiger partial charge < -0.3 is 13.9 Å². The molecule has 0 unspecified atom stereocenters. The van der Waals surface area contributed by atoms with Crippen LogP contribution >= 0.6 is 0 Å². The minimum Gasteiger partial charge on any atom is -0.460 e. The number of hydrogen-bond acceptors (Lipinski definition) is 3. The third kappa shape index (κ3) is 2.52. The first-order chi connectivity index (χ1) is 12.3. The summed E-state index contributed by atoms with van der Waals surface area (Å²) in [5.41, 5.74) is 3.29. The van der Waals surface area contributed by atoms with Crippen LogP contribution in [0.25, 0.3) is 22.7 Å². The van der Waals surface area contributed by atoms with Gasteiger partial charge in [0.2, 0.25) is 0 Å². The minimum atomic E-state index is 0.493. The fraction of sp³-hybridized carbons (Fsp3) is 0.381. The molecule has 1 aromatic carbocycles. The summed E-state index contributed by atoms with van der Waals surface area (Å²) >= 11 is 0. The standard InChI is InChI=1S/C21H23N3O/c1-15-7-8-19(25-15)21-20(17-5-3-2-4-6-17)22-14-24(21)18-13-23-11-9-16(18)10-12-23/h2-8,14,16,18H,9-13H2,1H3/t18-/m0/s1. The summed E-state index contributed by atoms with van der Waals surface area (Å²) in [7, 11) is 0. The van der Waals surface area contributed by atoms with Gasteiger partial charge in [0.1, 0.15) is 11.5 Å². The highest BCUT2D eigenvalue weighted by molar-refractivity contribution is 5.76. The van der Waals surface area contributed by atoms with E-state index in [1.807, 2.05) is 25.4 Å². The second-order valence-corrected chi connectivity index (χ2v) is 7.33. The lowest BCUT2D eigenvalue weighted by atomic mass is 9.83. The third-order valence-corrected chi connectivity index (χ3v) is 5.79. The zero-order valence-electron chi connectivity index (χ0n) is 14.6. The zero-order chi connectivity index (χ0) is 16.8. The highest BCUT2D eigenvalue weighted by Gasteiger charge is 2.37. The van der Waals surface area contributed by atoms with Gasteiger partial charge in [-0.3, -0.25) is 0 Å². The molecule has 1 atom stereocenters. The van der Waals surface area contributed by atoms with Crippen LogP contribution in [-0.4, -0.2) is 34.1 Å². The molecule has 0 spiro atoms. The first-order valence-electron chi connectivity index (χ1n) is 9.21. The van der Waals surface area contributed by atoms with Gasteiger partial charge in [0.05, 0.1) is 18.1 Å². The molecule has 0 amide bonds. The fourth-order valence-corrected chi connectivity index (χ4v) is 4.47. The van der Waals surface area contributed by atoms with Crippen molar-refractivity contribution in [1.29, 1.82) is 0 Å². The van der Waals surface area contributed by atoms with E-state index in [2.05, 4.69) is 39.8 Å². The van der Waals surface area contributed by atoms with Crippen LogP contribution in [0.15, 0.2) is 53.2 Å². The highest BCUT2D eigenvalue weighted by Crippen LogP contribution is 2.41. The molecule has 25 heavy (non-hydrogen) atoms. The topological polar surface area (TPSA) is 34.2 Å². The molecule has 4 heteroatoms. The van der Waals surface area contributed by atoms with Crippen LogP contribution < -0.4 is 0 Å². The molecule has 0 saturated carbocycles. The van der Waals surface area contributed by atoms with Crippen molar-refractivity contribution in [2.45, 2.75) is 25.8 Å². The maximum Gasteiger partial charge on any atom is 0.152 e. The van der Waals surface area contributed by atoms with Crippen LogP contribution in [0.2, 0.25) is 0 Å². The Balaban J connectivity index is 1.65. The molecule has 3 aromatic rings. The largest absolute Gasteiger partial charge is 0.460 e. The van der Waals surface area contributed by atoms with E-state index in [9.17, 15) is 0 Å². The maximum atomic E-state index is 6.03. The van der Waals surface area contributed by atoms with Crippen molar-refractivity contribution in [2.24, 2.45) is 5.92 Å². The quantitative estimate of drug-likeness (QED) is 0.713. The van der Waals surface area contributed by atoms with Crippen molar-refractivity contribution >= 4 is 0 Å². The lowest BCUT2D eigenvalue weighted by Gasteiger charge is -2.45. The van der Waals surface area contributed by atoms with Crippen LogP contribution in [-0.2, 0) is 0 Å². The first kappa shape index (κ1) is 15.0. The number of benzene rings is 1. The molecule has 0 radical (unpaired) electrons. The van der Waals surface area contributed by atoms with Crippen LogP contribution in [0.1, 0.15) is 24.6 Å². The number of piperidine rings is 3. The van der Waals surface area contributed by atoms with Crippen LogP contribution in [0.5, 0.6) is 0 Å². The number of hydrogen-bond donors (Lipinski definition) is 0. The summed E-state index contributed by atoms with van der Waals surface area (Å²) in [6, 6.07) is 15.1. The Morgan fingerprint density at radius 1 is 1.04 bits per heavy atom. The van der Waals surface area contributed by atoms with Gasteiger partial charge in [0, 0.05) is 12.1 Å². The van der Waals surface area contributed by atoms with Gasteiger partial charge in [0.15, 0.2) is 5.76 Å². The molecule has 3 fully saturated rings. The highest BCUT2D eigenvalue weighted by atomic mass is 16.3. The fourth-order valence-electron chi connectivity index (χ4n) is 4.47. The van der Waals surface area contributed by atoms with Gasteiger partial charge in [0.25, 0.3) is 0 Å². The molecule has 2 aromatic heterocycles. The number of aromatic nitrogens is 2. The average molecular weight is 333 g/mol. The molecule has 128 valence electrons. The Morgan fingerprint density at radius 3 is 2.48 bits per heavy atom. The Labute approximate surface area is 148 Å². The molecule has 3 aliphatic rings. The monoisotopic (exact) mass is 333 g/mol. The molecule has 0 aliphatic carbocycles. The molecular weight excluding hydrogens is 310 g/mol. The Hall–Kier alpha value is -2.33. The van der Waals surface area contributed by atoms with Gasteiger partial charge in [-0.25, -0.2) is 4.98 Å². The molecule has 6 rings (SSSR count). The second-order valence-electron chi connectivity index (χ2n) is 7.33. The number of rotatable bonds is 3. The minimum absolute atomic E-state index is 0.493. The summed E-state index contributed by atoms with van der Waals surface area (Å²) in [5.74, 6) is 2.61. The van der Waals surface area contributed by atoms with Gasteiger partial charge in [-0.1, -0.05) is 30.3 Å². The van der Waals surface area contributed by atoms with E-state index in [0.717, 1.165) is 40.9 Å². The molecule has 4 nitrogen and oxygen atoms in total. The number of aryl methyl sites for hydroxylation is 1. The smallest absolute Gasteiger partial charge is 0.152 e. The predicted molar refractivity (Wildman–Crippen MR) is 98.3 cm³/mol. The van der Waals surface area contributed by atoms with E-state index >= 15 is 0 Å². The van der Waals surface area contributed by atoms with Crippen LogP contribution in [0.3, 0.4) is 0 Å². The zero-order valence-corrected chi connectivity index (χ0v) is 14.6. The number of fused-ring (bicyclic) bond motifs is 3. The van der Waals surface area contributed by atoms with E-state index in [4.69, 9.17) is 9.40 Å². The lowest BCUT2D eigenvalue weighted by Crippen LogP contribution is -2.48. The van der Waals surface area contributed by atoms with E-state index in [1.165, 1.54) is 25.9 Å². The van der Waals surface area contributed by atoms with Crippen molar-refractivity contribution < 1.29 is 4.42 Å². The SMILES string of the molecule is Cc1ccc(-c2c(-c3ccccc3)ncn2[C@H]2CN3CCC2CC3)o1. The summed E-state index contributed by atoms with van der Waals surface area (Å²) in [5, 5.41) is 0.